The van der Waals surface area contributed by atoms with Gasteiger partial charge in [0.15, 0.2) is 0 Å². The average molecular weight is 327 g/mol. The monoisotopic (exact) mass is 327 g/mol. The molecule has 1 aromatic carbocycles. The summed E-state index contributed by atoms with van der Waals surface area (Å²) in [6.45, 7) is 4.72. The van der Waals surface area contributed by atoms with Gasteiger partial charge in [0, 0.05) is 12.6 Å². The van der Waals surface area contributed by atoms with E-state index < -0.39 is 28.0 Å². The van der Waals surface area contributed by atoms with Gasteiger partial charge in [-0.15, -0.1) is 0 Å². The highest BCUT2D eigenvalue weighted by molar-refractivity contribution is 7.89. The fraction of sp³-hybridized carbons (Fsp3) is 0.429. The number of hydrogen-bond acceptors (Lipinski definition) is 5. The van der Waals surface area contributed by atoms with Crippen LogP contribution in [0, 0.1) is 5.92 Å². The Hall–Kier alpha value is -1.93. The summed E-state index contributed by atoms with van der Waals surface area (Å²) in [5.41, 5.74) is 0.449. The Labute approximate surface area is 129 Å². The molecule has 0 aliphatic rings. The summed E-state index contributed by atoms with van der Waals surface area (Å²) in [4.78, 5) is 21.9. The second kappa shape index (κ2) is 7.37. The third-order valence-electron chi connectivity index (χ3n) is 3.23. The van der Waals surface area contributed by atoms with Crippen LogP contribution in [-0.2, 0) is 19.6 Å². The van der Waals surface area contributed by atoms with Gasteiger partial charge in [0.1, 0.15) is 0 Å². The summed E-state index contributed by atoms with van der Waals surface area (Å²) >= 11 is 0. The fourth-order valence-corrected chi connectivity index (χ4v) is 3.08. The molecule has 8 heteroatoms. The molecule has 0 unspecified atom stereocenters. The minimum atomic E-state index is -3.99. The number of hydrogen-bond donors (Lipinski definition) is 2. The molecule has 0 aliphatic heterocycles. The Morgan fingerprint density at radius 3 is 2.18 bits per heavy atom. The Balaban J connectivity index is 2.98. The molecule has 0 aliphatic carbocycles. The van der Waals surface area contributed by atoms with Crippen LogP contribution in [0.15, 0.2) is 29.2 Å². The Morgan fingerprint density at radius 1 is 1.23 bits per heavy atom. The number of carboxylic acid groups (broad SMARTS) is 1. The average Bonchev–Trinajstić information content (AvgIpc) is 2.43. The van der Waals surface area contributed by atoms with Crippen LogP contribution in [0.25, 0.3) is 0 Å². The van der Waals surface area contributed by atoms with E-state index in [0.29, 0.717) is 12.1 Å². The molecule has 22 heavy (non-hydrogen) atoms. The molecule has 0 heterocycles. The predicted octanol–water partition coefficient (Wildman–Crippen LogP) is 0.0879. The van der Waals surface area contributed by atoms with Gasteiger partial charge in [0.2, 0.25) is 15.9 Å². The largest absolute Gasteiger partial charge is 0.548 e. The van der Waals surface area contributed by atoms with Gasteiger partial charge in [0.05, 0.1) is 16.9 Å². The molecular formula is C14H19N2O5S-. The lowest BCUT2D eigenvalue weighted by atomic mass is 10.0. The van der Waals surface area contributed by atoms with E-state index in [0.717, 1.165) is 0 Å². The van der Waals surface area contributed by atoms with Gasteiger partial charge in [-0.2, -0.15) is 0 Å². The van der Waals surface area contributed by atoms with Crippen molar-refractivity contribution in [2.24, 2.45) is 5.92 Å². The zero-order valence-electron chi connectivity index (χ0n) is 12.6. The minimum Gasteiger partial charge on any atom is -0.548 e. The van der Waals surface area contributed by atoms with Gasteiger partial charge in [0.25, 0.3) is 0 Å². The summed E-state index contributed by atoms with van der Waals surface area (Å²) in [7, 11) is -3.99. The zero-order valence-corrected chi connectivity index (χ0v) is 13.4. The van der Waals surface area contributed by atoms with Crippen molar-refractivity contribution in [2.45, 2.75) is 38.1 Å². The molecule has 7 nitrogen and oxygen atoms in total. The SMILES string of the molecule is CC[C@@H](C)[C@@H](NS(=O)(=O)c1ccc(NC(C)=O)cc1)C(=O)[O-]. The number of nitrogens with one attached hydrogen (secondary N) is 2. The van der Waals surface area contributed by atoms with E-state index in [4.69, 9.17) is 0 Å². The van der Waals surface area contributed by atoms with Crippen LogP contribution in [0.3, 0.4) is 0 Å². The maximum absolute atomic E-state index is 12.2. The van der Waals surface area contributed by atoms with Crippen LogP contribution in [0.5, 0.6) is 0 Å². The van der Waals surface area contributed by atoms with Crippen molar-refractivity contribution in [3.63, 3.8) is 0 Å². The first-order valence-electron chi connectivity index (χ1n) is 6.78. The second-order valence-corrected chi connectivity index (χ2v) is 6.72. The molecule has 0 fully saturated rings. The summed E-state index contributed by atoms with van der Waals surface area (Å²) in [6.07, 6.45) is 0.489. The third-order valence-corrected chi connectivity index (χ3v) is 4.69. The topological polar surface area (TPSA) is 115 Å². The first-order chi connectivity index (χ1) is 10.2. The van der Waals surface area contributed by atoms with Crippen LogP contribution < -0.4 is 15.1 Å². The summed E-state index contributed by atoms with van der Waals surface area (Å²) in [5.74, 6) is -2.14. The fourth-order valence-electron chi connectivity index (χ4n) is 1.79. The Morgan fingerprint density at radius 2 is 1.77 bits per heavy atom. The number of rotatable bonds is 7. The van der Waals surface area contributed by atoms with E-state index in [1.54, 1.807) is 13.8 Å². The number of carboxylic acids is 1. The van der Waals surface area contributed by atoms with E-state index in [1.165, 1.54) is 31.2 Å². The number of carbonyl (C=O) groups excluding carboxylic acids is 2. The van der Waals surface area contributed by atoms with Crippen molar-refractivity contribution >= 4 is 27.6 Å². The highest BCUT2D eigenvalue weighted by atomic mass is 32.2. The lowest BCUT2D eigenvalue weighted by molar-refractivity contribution is -0.309. The van der Waals surface area contributed by atoms with Crippen molar-refractivity contribution in [3.05, 3.63) is 24.3 Å². The molecule has 1 amide bonds. The summed E-state index contributed by atoms with van der Waals surface area (Å²) < 4.78 is 26.6. The quantitative estimate of drug-likeness (QED) is 0.736. The number of anilines is 1. The number of benzene rings is 1. The number of sulfonamides is 1. The molecule has 2 N–H and O–H groups in total. The standard InChI is InChI=1S/C14H20N2O5S/c1-4-9(2)13(14(18)19)16-22(20,21)12-7-5-11(6-8-12)15-10(3)17/h5-9,13,16H,4H2,1-3H3,(H,15,17)(H,18,19)/p-1/t9-,13-/m1/s1. The van der Waals surface area contributed by atoms with Crippen LogP contribution in [0.2, 0.25) is 0 Å². The number of carbonyl (C=O) groups is 2. The second-order valence-electron chi connectivity index (χ2n) is 5.01. The molecule has 2 atom stereocenters. The van der Waals surface area contributed by atoms with E-state index in [9.17, 15) is 23.1 Å². The lowest BCUT2D eigenvalue weighted by Crippen LogP contribution is -2.51. The van der Waals surface area contributed by atoms with Crippen LogP contribution in [-0.4, -0.2) is 26.3 Å². The van der Waals surface area contributed by atoms with E-state index >= 15 is 0 Å². The molecule has 0 saturated carbocycles. The molecule has 1 rings (SSSR count). The Kier molecular flexibility index (Phi) is 6.07. The molecule has 1 aromatic rings. The highest BCUT2D eigenvalue weighted by Gasteiger charge is 2.24. The zero-order chi connectivity index (χ0) is 16.9. The molecule has 0 aromatic heterocycles. The summed E-state index contributed by atoms with van der Waals surface area (Å²) in [5, 5.41) is 13.6. The van der Waals surface area contributed by atoms with Gasteiger partial charge in [-0.25, -0.2) is 13.1 Å². The molecular weight excluding hydrogens is 308 g/mol. The normalized spacial score (nSPS) is 14.1. The van der Waals surface area contributed by atoms with Gasteiger partial charge >= 0.3 is 0 Å². The molecule has 0 spiro atoms. The molecule has 0 bridgehead atoms. The van der Waals surface area contributed by atoms with E-state index in [1.807, 2.05) is 0 Å². The van der Waals surface area contributed by atoms with Crippen molar-refractivity contribution < 1.29 is 23.1 Å². The molecule has 0 saturated heterocycles. The minimum absolute atomic E-state index is 0.0869. The van der Waals surface area contributed by atoms with E-state index in [2.05, 4.69) is 10.0 Å². The molecule has 0 radical (unpaired) electrons. The third kappa shape index (κ3) is 4.81. The molecule has 122 valence electrons. The maximum atomic E-state index is 12.2. The first-order valence-corrected chi connectivity index (χ1v) is 8.26. The van der Waals surface area contributed by atoms with Crippen LogP contribution >= 0.6 is 0 Å². The van der Waals surface area contributed by atoms with Crippen molar-refractivity contribution in [1.82, 2.24) is 4.72 Å². The van der Waals surface area contributed by atoms with Crippen molar-refractivity contribution in [2.75, 3.05) is 5.32 Å². The van der Waals surface area contributed by atoms with E-state index in [-0.39, 0.29) is 10.8 Å². The first kappa shape index (κ1) is 18.1. The summed E-state index contributed by atoms with van der Waals surface area (Å²) in [6, 6.07) is 4.12. The predicted molar refractivity (Wildman–Crippen MR) is 79.3 cm³/mol. The van der Waals surface area contributed by atoms with Crippen molar-refractivity contribution in [3.8, 4) is 0 Å². The van der Waals surface area contributed by atoms with Crippen molar-refractivity contribution in [1.29, 1.82) is 0 Å². The smallest absolute Gasteiger partial charge is 0.241 e. The van der Waals surface area contributed by atoms with Gasteiger partial charge in [-0.1, -0.05) is 20.3 Å². The number of amides is 1. The van der Waals surface area contributed by atoms with Gasteiger partial charge < -0.3 is 15.2 Å². The number of aliphatic carboxylic acids is 1. The Bertz CT molecular complexity index is 640. The van der Waals surface area contributed by atoms with Gasteiger partial charge in [-0.3, -0.25) is 4.79 Å². The maximum Gasteiger partial charge on any atom is 0.241 e. The van der Waals surface area contributed by atoms with Gasteiger partial charge in [-0.05, 0) is 30.2 Å². The van der Waals surface area contributed by atoms with Crippen LogP contribution in [0.4, 0.5) is 5.69 Å². The highest BCUT2D eigenvalue weighted by Crippen LogP contribution is 2.16. The lowest BCUT2D eigenvalue weighted by Gasteiger charge is -2.24. The van der Waals surface area contributed by atoms with Crippen LogP contribution in [0.1, 0.15) is 27.2 Å².